The van der Waals surface area contributed by atoms with Crippen molar-refractivity contribution < 1.29 is 13.9 Å². The van der Waals surface area contributed by atoms with Gasteiger partial charge in [-0.05, 0) is 6.08 Å². The molecule has 0 aliphatic rings. The Labute approximate surface area is 40.6 Å². The summed E-state index contributed by atoms with van der Waals surface area (Å²) < 4.78 is 14.9. The highest BCUT2D eigenvalue weighted by Gasteiger charge is 1.72. The van der Waals surface area contributed by atoms with Crippen LogP contribution in [0.3, 0.4) is 0 Å². The second-order valence-corrected chi connectivity index (χ2v) is 0.756. The van der Waals surface area contributed by atoms with Crippen molar-refractivity contribution in [1.82, 2.24) is 0 Å². The molecule has 2 nitrogen and oxygen atoms in total. The van der Waals surface area contributed by atoms with E-state index in [0.717, 1.165) is 12.5 Å². The van der Waals surface area contributed by atoms with Gasteiger partial charge < -0.3 is 4.74 Å². The Hall–Kier alpha value is -0.860. The van der Waals surface area contributed by atoms with Crippen molar-refractivity contribution >= 4 is 6.47 Å². The average molecular weight is 103 g/mol. The van der Waals surface area contributed by atoms with E-state index in [4.69, 9.17) is 0 Å². The fourth-order valence-electron chi connectivity index (χ4n) is 0.119. The predicted octanol–water partition coefficient (Wildman–Crippen LogP) is 0.553. The highest BCUT2D eigenvalue weighted by atomic mass is 19.1. The second-order valence-electron chi connectivity index (χ2n) is 0.756. The molecule has 0 aliphatic heterocycles. The molecular weight excluding hydrogens is 99.0 g/mol. The SMILES string of the molecule is O=[C]OCC=CF. The summed E-state index contributed by atoms with van der Waals surface area (Å²) in [5.74, 6) is 0. The Kier molecular flexibility index (Phi) is 4.51. The van der Waals surface area contributed by atoms with Crippen LogP contribution in [-0.4, -0.2) is 13.1 Å². The van der Waals surface area contributed by atoms with Crippen LogP contribution < -0.4 is 0 Å². The topological polar surface area (TPSA) is 26.3 Å². The molecule has 0 rings (SSSR count). The van der Waals surface area contributed by atoms with E-state index in [2.05, 4.69) is 4.74 Å². The molecule has 0 atom stereocenters. The molecule has 7 heavy (non-hydrogen) atoms. The molecule has 0 aromatic carbocycles. The van der Waals surface area contributed by atoms with Gasteiger partial charge in [0.05, 0.1) is 6.33 Å². The summed E-state index contributed by atoms with van der Waals surface area (Å²) in [6.07, 6.45) is 1.36. The molecule has 0 amide bonds. The standard InChI is InChI=1S/C4H4FO2/c5-2-1-3-7-4-6/h1-2H,3H2. The maximum atomic E-state index is 10.9. The smallest absolute Gasteiger partial charge is 0.417 e. The first-order valence-electron chi connectivity index (χ1n) is 1.66. The van der Waals surface area contributed by atoms with E-state index in [1.165, 1.54) is 0 Å². The predicted molar refractivity (Wildman–Crippen MR) is 21.9 cm³/mol. The molecule has 0 aliphatic carbocycles. The zero-order valence-electron chi connectivity index (χ0n) is 3.56. The molecule has 0 saturated carbocycles. The first-order valence-corrected chi connectivity index (χ1v) is 1.66. The average Bonchev–Trinajstić information content (AvgIpc) is 1.69. The van der Waals surface area contributed by atoms with Gasteiger partial charge in [0.2, 0.25) is 0 Å². The van der Waals surface area contributed by atoms with E-state index in [-0.39, 0.29) is 6.61 Å². The summed E-state index contributed by atoms with van der Waals surface area (Å²) in [6, 6.07) is 0. The molecule has 0 N–H and O–H groups in total. The quantitative estimate of drug-likeness (QED) is 0.487. The normalized spacial score (nSPS) is 9.29. The van der Waals surface area contributed by atoms with Gasteiger partial charge in [-0.15, -0.1) is 0 Å². The number of carbonyl (C=O) groups excluding carboxylic acids is 1. The van der Waals surface area contributed by atoms with Crippen LogP contribution in [0.4, 0.5) is 4.39 Å². The minimum Gasteiger partial charge on any atom is -0.453 e. The minimum absolute atomic E-state index is 0.0417. The molecule has 0 unspecified atom stereocenters. The third-order valence-corrected chi connectivity index (χ3v) is 0.328. The molecule has 0 aromatic rings. The Morgan fingerprint density at radius 1 is 1.86 bits per heavy atom. The number of hydrogen-bond donors (Lipinski definition) is 0. The van der Waals surface area contributed by atoms with E-state index >= 15 is 0 Å². The van der Waals surface area contributed by atoms with Crippen molar-refractivity contribution in [1.29, 1.82) is 0 Å². The van der Waals surface area contributed by atoms with Gasteiger partial charge in [-0.1, -0.05) is 0 Å². The van der Waals surface area contributed by atoms with Crippen molar-refractivity contribution in [3.05, 3.63) is 12.4 Å². The van der Waals surface area contributed by atoms with Crippen LogP contribution in [0.25, 0.3) is 0 Å². The monoisotopic (exact) mass is 103 g/mol. The van der Waals surface area contributed by atoms with Gasteiger partial charge in [0.15, 0.2) is 0 Å². The van der Waals surface area contributed by atoms with E-state index in [1.807, 2.05) is 0 Å². The third kappa shape index (κ3) is 5.14. The van der Waals surface area contributed by atoms with Crippen LogP contribution in [0.15, 0.2) is 12.4 Å². The summed E-state index contributed by atoms with van der Waals surface area (Å²) in [5.41, 5.74) is 0. The minimum atomic E-state index is -0.0417. The van der Waals surface area contributed by atoms with Crippen LogP contribution in [-0.2, 0) is 9.53 Å². The fraction of sp³-hybridized carbons (Fsp3) is 0.250. The van der Waals surface area contributed by atoms with Crippen LogP contribution in [0.5, 0.6) is 0 Å². The van der Waals surface area contributed by atoms with Gasteiger partial charge in [0.25, 0.3) is 0 Å². The number of rotatable bonds is 3. The van der Waals surface area contributed by atoms with Gasteiger partial charge >= 0.3 is 6.47 Å². The molecule has 0 spiro atoms. The van der Waals surface area contributed by atoms with Crippen LogP contribution in [0.2, 0.25) is 0 Å². The van der Waals surface area contributed by atoms with E-state index in [1.54, 1.807) is 0 Å². The van der Waals surface area contributed by atoms with Gasteiger partial charge in [-0.3, -0.25) is 0 Å². The first-order chi connectivity index (χ1) is 3.41. The maximum Gasteiger partial charge on any atom is 0.417 e. The van der Waals surface area contributed by atoms with Crippen molar-refractivity contribution in [3.63, 3.8) is 0 Å². The molecule has 0 fully saturated rings. The lowest BCUT2D eigenvalue weighted by atomic mass is 10.7. The van der Waals surface area contributed by atoms with E-state index in [0.29, 0.717) is 6.33 Å². The fourth-order valence-corrected chi connectivity index (χ4v) is 0.119. The highest BCUT2D eigenvalue weighted by molar-refractivity contribution is 5.38. The summed E-state index contributed by atoms with van der Waals surface area (Å²) in [6.45, 7) is 1.09. The number of ether oxygens (including phenoxy) is 1. The lowest BCUT2D eigenvalue weighted by molar-refractivity contribution is 0.312. The Morgan fingerprint density at radius 3 is 3.00 bits per heavy atom. The van der Waals surface area contributed by atoms with Gasteiger partial charge in [-0.25, -0.2) is 9.18 Å². The zero-order valence-corrected chi connectivity index (χ0v) is 3.56. The largest absolute Gasteiger partial charge is 0.453 e. The molecule has 0 aromatic heterocycles. The summed E-state index contributed by atoms with van der Waals surface area (Å²) >= 11 is 0. The molecule has 0 saturated heterocycles. The van der Waals surface area contributed by atoms with Crippen molar-refractivity contribution in [3.8, 4) is 0 Å². The summed E-state index contributed by atoms with van der Waals surface area (Å²) in [5, 5.41) is 0. The lowest BCUT2D eigenvalue weighted by Gasteiger charge is -1.81. The van der Waals surface area contributed by atoms with Crippen LogP contribution in [0, 0.1) is 0 Å². The molecule has 3 heteroatoms. The Morgan fingerprint density at radius 2 is 2.57 bits per heavy atom. The maximum absolute atomic E-state index is 10.9. The van der Waals surface area contributed by atoms with Crippen LogP contribution >= 0.6 is 0 Å². The Balaban J connectivity index is 2.82. The van der Waals surface area contributed by atoms with Gasteiger partial charge in [0, 0.05) is 0 Å². The van der Waals surface area contributed by atoms with Gasteiger partial charge in [-0.2, -0.15) is 0 Å². The van der Waals surface area contributed by atoms with Crippen molar-refractivity contribution in [2.24, 2.45) is 0 Å². The van der Waals surface area contributed by atoms with Crippen molar-refractivity contribution in [2.75, 3.05) is 6.61 Å². The van der Waals surface area contributed by atoms with E-state index in [9.17, 15) is 9.18 Å². The van der Waals surface area contributed by atoms with Crippen LogP contribution in [0.1, 0.15) is 0 Å². The molecular formula is C4H4FO2. The molecule has 0 bridgehead atoms. The highest BCUT2D eigenvalue weighted by Crippen LogP contribution is 1.72. The zero-order chi connectivity index (χ0) is 5.54. The van der Waals surface area contributed by atoms with Crippen molar-refractivity contribution in [2.45, 2.75) is 0 Å². The summed E-state index contributed by atoms with van der Waals surface area (Å²) in [7, 11) is 0. The number of halogens is 1. The summed E-state index contributed by atoms with van der Waals surface area (Å²) in [4.78, 5) is 9.18. The van der Waals surface area contributed by atoms with E-state index < -0.39 is 0 Å². The van der Waals surface area contributed by atoms with Gasteiger partial charge in [0.1, 0.15) is 6.61 Å². The second kappa shape index (κ2) is 5.14. The number of hydrogen-bond acceptors (Lipinski definition) is 2. The Bertz CT molecular complexity index is 70.1. The molecule has 39 valence electrons. The molecule has 0 heterocycles. The molecule has 1 radical (unpaired) electrons. The lowest BCUT2D eigenvalue weighted by Crippen LogP contribution is -1.83. The third-order valence-electron chi connectivity index (χ3n) is 0.328. The first kappa shape index (κ1) is 6.14.